The third kappa shape index (κ3) is 6.81. The summed E-state index contributed by atoms with van der Waals surface area (Å²) in [5.41, 5.74) is 5.28. The van der Waals surface area contributed by atoms with Crippen molar-refractivity contribution in [1.29, 1.82) is 0 Å². The van der Waals surface area contributed by atoms with Crippen LogP contribution in [0.1, 0.15) is 78.8 Å². The number of benzene rings is 6. The van der Waals surface area contributed by atoms with Crippen molar-refractivity contribution in [2.45, 2.75) is 25.9 Å². The summed E-state index contributed by atoms with van der Waals surface area (Å²) in [5, 5.41) is 0.724. The van der Waals surface area contributed by atoms with E-state index in [0.29, 0.717) is 72.5 Å². The highest BCUT2D eigenvalue weighted by atomic mass is 19.1. The minimum absolute atomic E-state index is 0.206. The fraction of sp³-hybridized carbons (Fsp3) is 0.0980. The molecule has 10 rings (SSSR count). The van der Waals surface area contributed by atoms with Crippen molar-refractivity contribution in [3.05, 3.63) is 201 Å². The Bertz CT molecular complexity index is 3180. The molecule has 6 aromatic carbocycles. The monoisotopic (exact) mass is 838 g/mol. The molecule has 2 unspecified atom stereocenters. The third-order valence-electron chi connectivity index (χ3n) is 11.5. The van der Waals surface area contributed by atoms with E-state index in [0.717, 1.165) is 10.5 Å². The molecule has 1 N–H and O–H groups in total. The van der Waals surface area contributed by atoms with E-state index in [2.05, 4.69) is 4.98 Å². The summed E-state index contributed by atoms with van der Waals surface area (Å²) < 4.78 is 33.7. The van der Waals surface area contributed by atoms with Crippen molar-refractivity contribution in [2.75, 3.05) is 7.11 Å². The van der Waals surface area contributed by atoms with Gasteiger partial charge < -0.3 is 9.72 Å². The molecule has 4 amide bonds. The number of amides is 4. The Kier molecular flexibility index (Phi) is 10.3. The smallest absolute Gasteiger partial charge is 0.262 e. The van der Waals surface area contributed by atoms with E-state index in [-0.39, 0.29) is 22.6 Å². The van der Waals surface area contributed by atoms with Gasteiger partial charge in [-0.2, -0.15) is 0 Å². The van der Waals surface area contributed by atoms with E-state index >= 15 is 0 Å². The fourth-order valence-corrected chi connectivity index (χ4v) is 8.48. The number of methoxy groups -OCH3 is 1. The minimum Gasteiger partial charge on any atom is -0.495 e. The number of pyridine rings is 2. The number of nitrogens with zero attached hydrogens (tertiary/aromatic N) is 3. The lowest BCUT2D eigenvalue weighted by Crippen LogP contribution is -2.34. The first-order valence-electron chi connectivity index (χ1n) is 20.1. The third-order valence-corrected chi connectivity index (χ3v) is 11.5. The van der Waals surface area contributed by atoms with Gasteiger partial charge in [-0.15, -0.1) is 0 Å². The van der Waals surface area contributed by atoms with Crippen LogP contribution in [0.25, 0.3) is 44.1 Å². The van der Waals surface area contributed by atoms with Crippen LogP contribution in [0, 0.1) is 11.6 Å². The Morgan fingerprint density at radius 1 is 0.540 bits per heavy atom. The first-order valence-corrected chi connectivity index (χ1v) is 20.1. The van der Waals surface area contributed by atoms with E-state index in [4.69, 9.17) is 9.72 Å². The molecular formula is C51H36F2N4O6. The van der Waals surface area contributed by atoms with E-state index in [1.165, 1.54) is 42.3 Å². The summed E-state index contributed by atoms with van der Waals surface area (Å²) in [6.45, 7) is 3.47. The predicted octanol–water partition coefficient (Wildman–Crippen LogP) is 10.1. The highest BCUT2D eigenvalue weighted by Gasteiger charge is 2.42. The maximum Gasteiger partial charge on any atom is 0.262 e. The number of hydrogen-bond acceptors (Lipinski definition) is 7. The highest BCUT2D eigenvalue weighted by Crippen LogP contribution is 2.43. The van der Waals surface area contributed by atoms with Crippen molar-refractivity contribution >= 4 is 45.4 Å². The lowest BCUT2D eigenvalue weighted by molar-refractivity contribution is 0.0577. The molecule has 8 aromatic rings. The molecule has 63 heavy (non-hydrogen) atoms. The van der Waals surface area contributed by atoms with Crippen molar-refractivity contribution in [2.24, 2.45) is 0 Å². The molecule has 0 saturated carbocycles. The number of hydrogen-bond donors (Lipinski definition) is 1. The summed E-state index contributed by atoms with van der Waals surface area (Å²) in [6, 6.07) is 38.6. The molecule has 10 nitrogen and oxygen atoms in total. The molecule has 2 aliphatic rings. The minimum atomic E-state index is -0.746. The molecule has 12 heteroatoms. The fourth-order valence-electron chi connectivity index (χ4n) is 8.48. The van der Waals surface area contributed by atoms with Crippen LogP contribution in [-0.4, -0.2) is 50.5 Å². The average molecular weight is 839 g/mol. The van der Waals surface area contributed by atoms with Gasteiger partial charge in [0.05, 0.1) is 63.9 Å². The number of fused-ring (bicyclic) bond motifs is 4. The Hall–Kier alpha value is -8.12. The van der Waals surface area contributed by atoms with Crippen molar-refractivity contribution in [3.63, 3.8) is 0 Å². The van der Waals surface area contributed by atoms with Gasteiger partial charge in [0.25, 0.3) is 23.6 Å². The number of imide groups is 2. The van der Waals surface area contributed by atoms with Gasteiger partial charge in [0.1, 0.15) is 17.4 Å². The topological polar surface area (TPSA) is 130 Å². The number of carbonyl (C=O) groups is 4. The maximum atomic E-state index is 14.1. The van der Waals surface area contributed by atoms with Crippen LogP contribution in [0.3, 0.4) is 0 Å². The van der Waals surface area contributed by atoms with Crippen molar-refractivity contribution in [1.82, 2.24) is 19.8 Å². The average Bonchev–Trinajstić information content (AvgIpc) is 3.72. The molecule has 0 spiro atoms. The van der Waals surface area contributed by atoms with Crippen LogP contribution in [-0.2, 0) is 0 Å². The molecule has 310 valence electrons. The number of rotatable bonds is 7. The SMILES string of the molecule is CC(c1[nH]c2ccc(F)cc2c(=O)c1-c1ccccc1)N1C(=O)c2ccccc2C1=O.COc1c(-c2ccccc2)c(C(C)N2C(=O)c3ccccc3C2=O)nc2ccc(F)cc12. The van der Waals surface area contributed by atoms with E-state index in [1.54, 1.807) is 92.7 Å². The highest BCUT2D eigenvalue weighted by molar-refractivity contribution is 6.22. The van der Waals surface area contributed by atoms with Crippen molar-refractivity contribution in [3.8, 4) is 28.0 Å². The summed E-state index contributed by atoms with van der Waals surface area (Å²) in [7, 11) is 1.52. The summed E-state index contributed by atoms with van der Waals surface area (Å²) in [4.78, 5) is 76.1. The standard InChI is InChI=1S/C26H19FN2O3.C25H17FN2O3/c1-15(29-25(30)18-10-6-7-11-19(18)26(29)31)23-22(16-8-4-3-5-9-16)24(32-2)20-14-17(27)12-13-21(20)28-23;1-14(28-24(30)17-9-5-6-10-18(17)25(28)31)22-21(15-7-3-2-4-8-15)23(29)19-13-16(26)11-12-20(19)27-22/h3-15H,1-2H3;2-14H,1H3,(H,27,29). The largest absolute Gasteiger partial charge is 0.495 e. The molecule has 2 aromatic heterocycles. The van der Waals surface area contributed by atoms with Crippen molar-refractivity contribution < 1.29 is 32.7 Å². The van der Waals surface area contributed by atoms with E-state index in [9.17, 15) is 32.8 Å². The summed E-state index contributed by atoms with van der Waals surface area (Å²) >= 11 is 0. The normalized spacial score (nSPS) is 14.1. The van der Waals surface area contributed by atoms with Crippen LogP contribution in [0.4, 0.5) is 8.78 Å². The Balaban J connectivity index is 0.000000160. The molecule has 2 atom stereocenters. The molecule has 4 heterocycles. The number of halogens is 2. The van der Waals surface area contributed by atoms with Gasteiger partial charge in [0, 0.05) is 21.9 Å². The summed E-state index contributed by atoms with van der Waals surface area (Å²) in [5.74, 6) is -2.02. The molecule has 0 fully saturated rings. The second kappa shape index (κ2) is 16.1. The molecule has 0 saturated heterocycles. The van der Waals surface area contributed by atoms with E-state index < -0.39 is 35.5 Å². The number of H-pyrrole nitrogens is 1. The molecule has 0 bridgehead atoms. The molecule has 0 radical (unpaired) electrons. The maximum absolute atomic E-state index is 14.1. The van der Waals surface area contributed by atoms with Crippen LogP contribution >= 0.6 is 0 Å². The number of aromatic nitrogens is 2. The van der Waals surface area contributed by atoms with Gasteiger partial charge in [-0.3, -0.25) is 33.8 Å². The lowest BCUT2D eigenvalue weighted by Gasteiger charge is -2.26. The van der Waals surface area contributed by atoms with Crippen LogP contribution in [0.15, 0.2) is 150 Å². The van der Waals surface area contributed by atoms with E-state index in [1.807, 2.05) is 36.4 Å². The first kappa shape index (κ1) is 40.3. The van der Waals surface area contributed by atoms with Gasteiger partial charge in [0.15, 0.2) is 5.43 Å². The first-order chi connectivity index (χ1) is 30.5. The second-order valence-corrected chi connectivity index (χ2v) is 15.1. The van der Waals surface area contributed by atoms with Gasteiger partial charge in [-0.1, -0.05) is 84.9 Å². The summed E-state index contributed by atoms with van der Waals surface area (Å²) in [6.07, 6.45) is 0. The second-order valence-electron chi connectivity index (χ2n) is 15.1. The van der Waals surface area contributed by atoms with Crippen LogP contribution in [0.2, 0.25) is 0 Å². The van der Waals surface area contributed by atoms with Gasteiger partial charge >= 0.3 is 0 Å². The van der Waals surface area contributed by atoms with Gasteiger partial charge in [0.2, 0.25) is 0 Å². The Morgan fingerprint density at radius 3 is 1.49 bits per heavy atom. The Morgan fingerprint density at radius 2 is 0.984 bits per heavy atom. The number of aromatic amines is 1. The Labute approximate surface area is 359 Å². The molecule has 2 aliphatic heterocycles. The number of ether oxygens (including phenoxy) is 1. The van der Waals surface area contributed by atoms with Gasteiger partial charge in [-0.25, -0.2) is 13.8 Å². The zero-order chi connectivity index (χ0) is 44.1. The number of nitrogens with one attached hydrogen (secondary N) is 1. The molecule has 0 aliphatic carbocycles. The zero-order valence-electron chi connectivity index (χ0n) is 34.1. The molecular weight excluding hydrogens is 803 g/mol. The van der Waals surface area contributed by atoms with Crippen LogP contribution in [0.5, 0.6) is 5.75 Å². The van der Waals surface area contributed by atoms with Crippen LogP contribution < -0.4 is 10.2 Å². The zero-order valence-corrected chi connectivity index (χ0v) is 34.1. The van der Waals surface area contributed by atoms with Gasteiger partial charge in [-0.05, 0) is 85.6 Å². The number of carbonyl (C=O) groups excluding carboxylic acids is 4. The lowest BCUT2D eigenvalue weighted by atomic mass is 9.96. The predicted molar refractivity (Wildman–Crippen MR) is 234 cm³/mol. The quantitative estimate of drug-likeness (QED) is 0.158.